The summed E-state index contributed by atoms with van der Waals surface area (Å²) in [5.41, 5.74) is 1.22. The van der Waals surface area contributed by atoms with Crippen molar-refractivity contribution in [2.75, 3.05) is 6.54 Å². The van der Waals surface area contributed by atoms with Crippen molar-refractivity contribution in [3.05, 3.63) is 59.3 Å². The quantitative estimate of drug-likeness (QED) is 0.713. The van der Waals surface area contributed by atoms with Crippen molar-refractivity contribution >= 4 is 17.5 Å². The van der Waals surface area contributed by atoms with Crippen LogP contribution in [0.4, 0.5) is 0 Å². The largest absolute Gasteiger partial charge is 0.329 e. The van der Waals surface area contributed by atoms with Crippen LogP contribution in [0.25, 0.3) is 11.5 Å². The van der Waals surface area contributed by atoms with Crippen LogP contribution in [-0.4, -0.2) is 42.1 Å². The average molecular weight is 341 g/mol. The molecule has 24 heavy (non-hydrogen) atoms. The summed E-state index contributed by atoms with van der Waals surface area (Å²) in [5.74, 6) is 1.32. The second-order valence-electron chi connectivity index (χ2n) is 5.39. The van der Waals surface area contributed by atoms with E-state index in [0.717, 1.165) is 11.5 Å². The molecule has 0 radical (unpaired) electrons. The fourth-order valence-corrected chi connectivity index (χ4v) is 2.97. The highest BCUT2D eigenvalue weighted by Gasteiger charge is 2.26. The van der Waals surface area contributed by atoms with Gasteiger partial charge in [-0.15, -0.1) is 10.2 Å². The van der Waals surface area contributed by atoms with Gasteiger partial charge in [0.05, 0.1) is 17.1 Å². The van der Waals surface area contributed by atoms with Crippen molar-refractivity contribution in [2.45, 2.75) is 13.1 Å². The first-order chi connectivity index (χ1) is 11.7. The molecule has 1 aliphatic rings. The van der Waals surface area contributed by atoms with Crippen LogP contribution in [0.15, 0.2) is 42.9 Å². The maximum Gasteiger partial charge on any atom is 0.255 e. The van der Waals surface area contributed by atoms with Gasteiger partial charge in [0.2, 0.25) is 0 Å². The lowest BCUT2D eigenvalue weighted by molar-refractivity contribution is 0.0708. The molecule has 0 unspecified atom stereocenters. The van der Waals surface area contributed by atoms with E-state index in [9.17, 15) is 4.79 Å². The van der Waals surface area contributed by atoms with Gasteiger partial charge in [-0.25, -0.2) is 9.97 Å². The summed E-state index contributed by atoms with van der Waals surface area (Å²) < 4.78 is 1.98. The molecule has 0 saturated heterocycles. The van der Waals surface area contributed by atoms with Crippen LogP contribution in [0.5, 0.6) is 0 Å². The fourth-order valence-electron chi connectivity index (χ4n) is 2.75. The number of hydrogen-bond acceptors (Lipinski definition) is 5. The minimum Gasteiger partial charge on any atom is -0.329 e. The molecule has 3 aromatic rings. The van der Waals surface area contributed by atoms with Gasteiger partial charge in [-0.2, -0.15) is 0 Å². The van der Waals surface area contributed by atoms with Crippen molar-refractivity contribution in [1.29, 1.82) is 0 Å². The Balaban J connectivity index is 1.61. The van der Waals surface area contributed by atoms with Gasteiger partial charge in [-0.1, -0.05) is 23.7 Å². The van der Waals surface area contributed by atoms with E-state index in [0.29, 0.717) is 36.0 Å². The molecule has 0 atom stereocenters. The van der Waals surface area contributed by atoms with Crippen LogP contribution in [-0.2, 0) is 13.1 Å². The predicted octanol–water partition coefficient (Wildman–Crippen LogP) is 2.04. The van der Waals surface area contributed by atoms with Gasteiger partial charge in [0, 0.05) is 19.3 Å². The molecule has 3 heterocycles. The summed E-state index contributed by atoms with van der Waals surface area (Å²) in [6.07, 6.45) is 3.15. The molecule has 120 valence electrons. The van der Waals surface area contributed by atoms with E-state index in [2.05, 4.69) is 20.2 Å². The summed E-state index contributed by atoms with van der Waals surface area (Å²) in [6, 6.07) is 8.85. The Kier molecular flexibility index (Phi) is 3.70. The lowest BCUT2D eigenvalue weighted by Gasteiger charge is -2.28. The van der Waals surface area contributed by atoms with E-state index < -0.39 is 0 Å². The molecule has 0 fully saturated rings. The van der Waals surface area contributed by atoms with E-state index >= 15 is 0 Å². The lowest BCUT2D eigenvalue weighted by atomic mass is 10.2. The number of aromatic nitrogens is 5. The number of nitrogens with zero attached hydrogens (tertiary/aromatic N) is 6. The zero-order valence-corrected chi connectivity index (χ0v) is 13.4. The fraction of sp³-hybridized carbons (Fsp3) is 0.188. The SMILES string of the molecule is O=C(c1ccccc1Cl)N1CCn2c(nnc2-c2ccncn2)C1. The lowest BCUT2D eigenvalue weighted by Crippen LogP contribution is -2.38. The van der Waals surface area contributed by atoms with Gasteiger partial charge >= 0.3 is 0 Å². The Labute approximate surface area is 142 Å². The highest BCUT2D eigenvalue weighted by Crippen LogP contribution is 2.23. The first-order valence-corrected chi connectivity index (χ1v) is 7.84. The van der Waals surface area contributed by atoms with Crippen molar-refractivity contribution in [1.82, 2.24) is 29.6 Å². The number of carbonyl (C=O) groups is 1. The topological polar surface area (TPSA) is 76.8 Å². The third kappa shape index (κ3) is 2.52. The maximum atomic E-state index is 12.7. The molecule has 1 aromatic carbocycles. The Hall–Kier alpha value is -2.80. The minimum atomic E-state index is -0.0987. The first-order valence-electron chi connectivity index (χ1n) is 7.46. The Morgan fingerprint density at radius 1 is 1.12 bits per heavy atom. The third-order valence-electron chi connectivity index (χ3n) is 3.96. The third-order valence-corrected chi connectivity index (χ3v) is 4.29. The summed E-state index contributed by atoms with van der Waals surface area (Å²) in [4.78, 5) is 22.5. The highest BCUT2D eigenvalue weighted by molar-refractivity contribution is 6.33. The molecule has 0 aliphatic carbocycles. The van der Waals surface area contributed by atoms with Crippen molar-refractivity contribution in [3.8, 4) is 11.5 Å². The normalized spacial score (nSPS) is 13.6. The summed E-state index contributed by atoms with van der Waals surface area (Å²) >= 11 is 6.13. The van der Waals surface area contributed by atoms with E-state index in [1.54, 1.807) is 41.4 Å². The monoisotopic (exact) mass is 340 g/mol. The molecule has 1 amide bonds. The van der Waals surface area contributed by atoms with Gasteiger partial charge in [0.1, 0.15) is 12.0 Å². The molecule has 0 spiro atoms. The standard InChI is InChI=1S/C16H13ClN6O/c17-12-4-2-1-3-11(12)16(24)22-7-8-23-14(9-22)20-21-15(23)13-5-6-18-10-19-13/h1-6,10H,7-9H2. The molecule has 7 nitrogen and oxygen atoms in total. The molecular weight excluding hydrogens is 328 g/mol. The van der Waals surface area contributed by atoms with Crippen LogP contribution < -0.4 is 0 Å². The number of benzene rings is 1. The van der Waals surface area contributed by atoms with E-state index in [4.69, 9.17) is 11.6 Å². The minimum absolute atomic E-state index is 0.0987. The molecular formula is C16H13ClN6O. The Morgan fingerprint density at radius 3 is 2.79 bits per heavy atom. The zero-order chi connectivity index (χ0) is 16.5. The maximum absolute atomic E-state index is 12.7. The smallest absolute Gasteiger partial charge is 0.255 e. The Morgan fingerprint density at radius 2 is 2.00 bits per heavy atom. The molecule has 0 bridgehead atoms. The van der Waals surface area contributed by atoms with Gasteiger partial charge in [-0.05, 0) is 18.2 Å². The van der Waals surface area contributed by atoms with Crippen LogP contribution in [0.1, 0.15) is 16.2 Å². The Bertz CT molecular complexity index is 895. The van der Waals surface area contributed by atoms with Gasteiger partial charge < -0.3 is 9.47 Å². The van der Waals surface area contributed by atoms with Crippen LogP contribution in [0.2, 0.25) is 5.02 Å². The van der Waals surface area contributed by atoms with Crippen LogP contribution >= 0.6 is 11.6 Å². The summed E-state index contributed by atoms with van der Waals surface area (Å²) in [7, 11) is 0. The van der Waals surface area contributed by atoms with Gasteiger partial charge in [0.15, 0.2) is 11.6 Å². The molecule has 0 N–H and O–H groups in total. The number of fused-ring (bicyclic) bond motifs is 1. The molecule has 8 heteroatoms. The van der Waals surface area contributed by atoms with Gasteiger partial charge in [0.25, 0.3) is 5.91 Å². The van der Waals surface area contributed by atoms with Crippen LogP contribution in [0.3, 0.4) is 0 Å². The zero-order valence-electron chi connectivity index (χ0n) is 12.6. The second-order valence-corrected chi connectivity index (χ2v) is 5.80. The number of amides is 1. The van der Waals surface area contributed by atoms with Crippen LogP contribution in [0, 0.1) is 0 Å². The van der Waals surface area contributed by atoms with E-state index in [1.165, 1.54) is 6.33 Å². The molecule has 0 saturated carbocycles. The highest BCUT2D eigenvalue weighted by atomic mass is 35.5. The number of carbonyl (C=O) groups excluding carboxylic acids is 1. The second kappa shape index (κ2) is 6.01. The molecule has 4 rings (SSSR count). The van der Waals surface area contributed by atoms with Crippen molar-refractivity contribution < 1.29 is 4.79 Å². The average Bonchev–Trinajstić information content (AvgIpc) is 3.05. The van der Waals surface area contributed by atoms with E-state index in [1.807, 2.05) is 4.57 Å². The summed E-state index contributed by atoms with van der Waals surface area (Å²) in [6.45, 7) is 1.56. The number of halogens is 1. The number of hydrogen-bond donors (Lipinski definition) is 0. The number of rotatable bonds is 2. The predicted molar refractivity (Wildman–Crippen MR) is 87.2 cm³/mol. The molecule has 2 aromatic heterocycles. The van der Waals surface area contributed by atoms with Gasteiger partial charge in [-0.3, -0.25) is 4.79 Å². The van der Waals surface area contributed by atoms with Crippen molar-refractivity contribution in [2.24, 2.45) is 0 Å². The van der Waals surface area contributed by atoms with E-state index in [-0.39, 0.29) is 5.91 Å². The summed E-state index contributed by atoms with van der Waals surface area (Å²) in [5, 5.41) is 8.87. The van der Waals surface area contributed by atoms with Crippen molar-refractivity contribution in [3.63, 3.8) is 0 Å². The first kappa shape index (κ1) is 14.8. The molecule has 1 aliphatic heterocycles.